The molecule has 9 nitrogen and oxygen atoms in total. The number of likely N-dealkylation sites (N-methyl/N-ethyl adjacent to an activating group) is 1. The van der Waals surface area contributed by atoms with Crippen LogP contribution in [0.3, 0.4) is 0 Å². The number of fused-ring (bicyclic) bond motifs is 3. The predicted octanol–water partition coefficient (Wildman–Crippen LogP) is 2.75. The molecular weight excluding hydrogens is 417 g/mol. The predicted molar refractivity (Wildman–Crippen MR) is 117 cm³/mol. The molecule has 1 N–H and O–H groups in total. The maximum atomic E-state index is 13.3. The molecule has 2 aliphatic heterocycles. The second-order valence-electron chi connectivity index (χ2n) is 8.09. The molecule has 0 amide bonds. The van der Waals surface area contributed by atoms with E-state index in [9.17, 15) is 4.39 Å². The van der Waals surface area contributed by atoms with Crippen LogP contribution < -0.4 is 10.2 Å². The van der Waals surface area contributed by atoms with Gasteiger partial charge in [0.1, 0.15) is 11.6 Å². The lowest BCUT2D eigenvalue weighted by Crippen LogP contribution is -2.45. The molecule has 0 spiro atoms. The zero-order chi connectivity index (χ0) is 21.1. The Bertz CT molecular complexity index is 1280. The topological polar surface area (TPSA) is 87.9 Å². The zero-order valence-electron chi connectivity index (χ0n) is 17.0. The van der Waals surface area contributed by atoms with Crippen molar-refractivity contribution in [3.05, 3.63) is 42.2 Å². The second-order valence-corrected chi connectivity index (χ2v) is 9.10. The van der Waals surface area contributed by atoms with E-state index in [-0.39, 0.29) is 0 Å². The molecule has 4 aromatic rings. The molecule has 158 valence electrons. The number of aryl methyl sites for hydroxylation is 1. The minimum Gasteiger partial charge on any atom is -0.335 e. The number of anilines is 3. The van der Waals surface area contributed by atoms with E-state index >= 15 is 0 Å². The molecule has 2 saturated heterocycles. The van der Waals surface area contributed by atoms with E-state index in [1.807, 2.05) is 19.1 Å². The molecule has 0 aromatic carbocycles. The molecule has 6 rings (SSSR count). The van der Waals surface area contributed by atoms with Crippen LogP contribution >= 0.6 is 11.3 Å². The number of thiazole rings is 1. The Kier molecular flexibility index (Phi) is 4.15. The van der Waals surface area contributed by atoms with E-state index in [1.54, 1.807) is 6.20 Å². The number of nitrogens with zero attached hydrogens (tertiary/aromatic N) is 8. The Morgan fingerprint density at radius 2 is 2.00 bits per heavy atom. The van der Waals surface area contributed by atoms with Gasteiger partial charge in [0.05, 0.1) is 22.6 Å². The third-order valence-electron chi connectivity index (χ3n) is 5.88. The van der Waals surface area contributed by atoms with Gasteiger partial charge in [-0.3, -0.25) is 4.90 Å². The SMILES string of the molecule is Cc1cc(Nc2cc3nc(-n4cc(F)cn4)sc3cn2)nc(N2C[C@@H]3C[C@H]2CN3C)n1. The van der Waals surface area contributed by atoms with E-state index in [1.165, 1.54) is 28.6 Å². The molecule has 0 radical (unpaired) electrons. The van der Waals surface area contributed by atoms with Gasteiger partial charge in [-0.15, -0.1) is 0 Å². The number of nitrogens with one attached hydrogen (secondary N) is 1. The largest absolute Gasteiger partial charge is 0.335 e. The van der Waals surface area contributed by atoms with Crippen molar-refractivity contribution in [1.82, 2.24) is 34.6 Å². The second kappa shape index (κ2) is 6.92. The van der Waals surface area contributed by atoms with Crippen LogP contribution in [0.15, 0.2) is 30.7 Å². The third-order valence-corrected chi connectivity index (χ3v) is 6.88. The molecule has 11 heteroatoms. The van der Waals surface area contributed by atoms with Crippen molar-refractivity contribution < 1.29 is 4.39 Å². The van der Waals surface area contributed by atoms with Crippen LogP contribution in [0.5, 0.6) is 0 Å². The molecule has 2 fully saturated rings. The maximum absolute atomic E-state index is 13.3. The summed E-state index contributed by atoms with van der Waals surface area (Å²) in [6, 6.07) is 4.82. The maximum Gasteiger partial charge on any atom is 0.227 e. The van der Waals surface area contributed by atoms with Gasteiger partial charge in [0, 0.05) is 49.2 Å². The van der Waals surface area contributed by atoms with Gasteiger partial charge in [-0.1, -0.05) is 11.3 Å². The highest BCUT2D eigenvalue weighted by molar-refractivity contribution is 7.20. The normalized spacial score (nSPS) is 20.8. The van der Waals surface area contributed by atoms with Gasteiger partial charge in [0.15, 0.2) is 5.82 Å². The highest BCUT2D eigenvalue weighted by atomic mass is 32.1. The fourth-order valence-electron chi connectivity index (χ4n) is 4.38. The Morgan fingerprint density at radius 1 is 1.10 bits per heavy atom. The molecule has 0 unspecified atom stereocenters. The summed E-state index contributed by atoms with van der Waals surface area (Å²) >= 11 is 1.40. The monoisotopic (exact) mass is 437 g/mol. The summed E-state index contributed by atoms with van der Waals surface area (Å²) in [6.45, 7) is 3.99. The quantitative estimate of drug-likeness (QED) is 0.522. The van der Waals surface area contributed by atoms with Gasteiger partial charge in [0.25, 0.3) is 0 Å². The Hall–Kier alpha value is -3.18. The minimum absolute atomic E-state index is 0.396. The van der Waals surface area contributed by atoms with E-state index in [2.05, 4.69) is 42.2 Å². The van der Waals surface area contributed by atoms with E-state index < -0.39 is 5.82 Å². The highest BCUT2D eigenvalue weighted by Gasteiger charge is 2.42. The number of likely N-dealkylation sites (tertiary alicyclic amines) is 1. The first-order valence-corrected chi connectivity index (χ1v) is 10.9. The lowest BCUT2D eigenvalue weighted by molar-refractivity contribution is 0.291. The van der Waals surface area contributed by atoms with Gasteiger partial charge in [-0.25, -0.2) is 24.0 Å². The summed E-state index contributed by atoms with van der Waals surface area (Å²) in [7, 11) is 2.18. The molecule has 0 saturated carbocycles. The number of halogens is 1. The van der Waals surface area contributed by atoms with Crippen molar-refractivity contribution in [3.63, 3.8) is 0 Å². The smallest absolute Gasteiger partial charge is 0.227 e. The fraction of sp³-hybridized carbons (Fsp3) is 0.350. The van der Waals surface area contributed by atoms with Crippen molar-refractivity contribution >= 4 is 39.1 Å². The highest BCUT2D eigenvalue weighted by Crippen LogP contribution is 2.33. The van der Waals surface area contributed by atoms with Gasteiger partial charge in [0.2, 0.25) is 11.1 Å². The van der Waals surface area contributed by atoms with Crippen LogP contribution in [0.2, 0.25) is 0 Å². The van der Waals surface area contributed by atoms with E-state index in [0.29, 0.717) is 28.9 Å². The Balaban J connectivity index is 1.27. The summed E-state index contributed by atoms with van der Waals surface area (Å²) in [4.78, 5) is 23.2. The van der Waals surface area contributed by atoms with Crippen molar-refractivity contribution in [3.8, 4) is 5.13 Å². The number of hydrogen-bond acceptors (Lipinski definition) is 9. The van der Waals surface area contributed by atoms with E-state index in [0.717, 1.165) is 41.1 Å². The molecule has 0 aliphatic carbocycles. The summed E-state index contributed by atoms with van der Waals surface area (Å²) in [5.74, 6) is 1.71. The Morgan fingerprint density at radius 3 is 2.74 bits per heavy atom. The van der Waals surface area contributed by atoms with Gasteiger partial charge in [-0.2, -0.15) is 10.1 Å². The molecule has 6 heterocycles. The van der Waals surface area contributed by atoms with E-state index in [4.69, 9.17) is 4.98 Å². The summed E-state index contributed by atoms with van der Waals surface area (Å²) in [5.41, 5.74) is 1.67. The number of piperazine rings is 1. The first-order chi connectivity index (χ1) is 15.0. The minimum atomic E-state index is -0.396. The van der Waals surface area contributed by atoms with Crippen LogP contribution in [0, 0.1) is 12.7 Å². The van der Waals surface area contributed by atoms with Crippen LogP contribution in [-0.4, -0.2) is 66.8 Å². The first-order valence-electron chi connectivity index (χ1n) is 10.1. The molecule has 2 aliphatic rings. The van der Waals surface area contributed by atoms with Crippen LogP contribution in [-0.2, 0) is 0 Å². The van der Waals surface area contributed by atoms with Gasteiger partial charge < -0.3 is 10.2 Å². The van der Waals surface area contributed by atoms with Crippen LogP contribution in [0.25, 0.3) is 15.3 Å². The van der Waals surface area contributed by atoms with Crippen molar-refractivity contribution in [2.75, 3.05) is 30.4 Å². The van der Waals surface area contributed by atoms with Crippen LogP contribution in [0.1, 0.15) is 12.1 Å². The summed E-state index contributed by atoms with van der Waals surface area (Å²) in [5, 5.41) is 7.86. The lowest BCUT2D eigenvalue weighted by Gasteiger charge is -2.32. The molecule has 31 heavy (non-hydrogen) atoms. The van der Waals surface area contributed by atoms with Crippen molar-refractivity contribution in [1.29, 1.82) is 0 Å². The Labute approximate surface area is 181 Å². The zero-order valence-corrected chi connectivity index (χ0v) is 17.8. The summed E-state index contributed by atoms with van der Waals surface area (Å²) < 4.78 is 15.6. The number of hydrogen-bond donors (Lipinski definition) is 1. The molecule has 2 atom stereocenters. The molecule has 2 bridgehead atoms. The lowest BCUT2D eigenvalue weighted by atomic mass is 10.2. The van der Waals surface area contributed by atoms with Crippen LogP contribution in [0.4, 0.5) is 22.0 Å². The first kappa shape index (κ1) is 18.6. The van der Waals surface area contributed by atoms with Gasteiger partial charge in [-0.05, 0) is 20.4 Å². The van der Waals surface area contributed by atoms with Crippen molar-refractivity contribution in [2.24, 2.45) is 0 Å². The molecule has 4 aromatic heterocycles. The average molecular weight is 438 g/mol. The number of aromatic nitrogens is 6. The van der Waals surface area contributed by atoms with Crippen molar-refractivity contribution in [2.45, 2.75) is 25.4 Å². The average Bonchev–Trinajstić information content (AvgIpc) is 3.49. The fourth-order valence-corrected chi connectivity index (χ4v) is 5.23. The third kappa shape index (κ3) is 3.29. The summed E-state index contributed by atoms with van der Waals surface area (Å²) in [6.07, 6.45) is 5.39. The number of rotatable bonds is 4. The number of pyridine rings is 1. The standard InChI is InChI=1S/C20H20FN9S/c1-11-3-18(27-19(24-11)29-10-13-4-14(29)9-28(13)2)26-17-5-15-16(7-22-17)31-20(25-15)30-8-12(21)6-23-30/h3,5-8,13-14H,4,9-10H2,1-2H3,(H,22,24,26,27)/t13-,14-/m0/s1. The van der Waals surface area contributed by atoms with Gasteiger partial charge >= 0.3 is 0 Å². The molecular formula is C20H20FN9S.